The van der Waals surface area contributed by atoms with E-state index in [1.807, 2.05) is 0 Å². The van der Waals surface area contributed by atoms with Crippen molar-refractivity contribution in [3.05, 3.63) is 100 Å². The Balaban J connectivity index is 1.62. The van der Waals surface area contributed by atoms with Crippen molar-refractivity contribution in [3.63, 3.8) is 0 Å². The Hall–Kier alpha value is -3.71. The lowest BCUT2D eigenvalue weighted by molar-refractivity contribution is -0.0328. The van der Waals surface area contributed by atoms with E-state index in [4.69, 9.17) is 0 Å². The Labute approximate surface area is 214 Å². The fraction of sp³-hybridized carbons (Fsp3) is 0.167. The van der Waals surface area contributed by atoms with Crippen LogP contribution in [0.2, 0.25) is 0 Å². The Kier molecular flexibility index (Phi) is 7.37. The quantitative estimate of drug-likeness (QED) is 0.310. The smallest absolute Gasteiger partial charge is 0.446 e. The van der Waals surface area contributed by atoms with Crippen LogP contribution in [0.5, 0.6) is 5.88 Å². The van der Waals surface area contributed by atoms with Crippen molar-refractivity contribution < 1.29 is 26.7 Å². The number of sulfonamides is 1. The molecule has 2 aromatic heterocycles. The normalized spacial score (nSPS) is 12.0. The molecule has 4 rings (SSSR count). The molecule has 2 aromatic carbocycles. The predicted octanol–water partition coefficient (Wildman–Crippen LogP) is 4.65. The first kappa shape index (κ1) is 26.4. The number of alkyl halides is 3. The standard InChI is InChI=1S/C24H21F3N4O4S2/c1-16-22(32)31(19-7-9-20(10-8-19)36-24(25,26)27)23(33)30(16)14-18-11-12-28-13-21(18)29-37(34,35)15-17-5-3-2-4-6-17/h2-13,29,32H,14-15H2,1H3. The van der Waals surface area contributed by atoms with Crippen molar-refractivity contribution in [1.82, 2.24) is 14.1 Å². The Morgan fingerprint density at radius 3 is 2.38 bits per heavy atom. The molecule has 194 valence electrons. The third-order valence-electron chi connectivity index (χ3n) is 5.40. The van der Waals surface area contributed by atoms with Gasteiger partial charge >= 0.3 is 11.2 Å². The highest BCUT2D eigenvalue weighted by molar-refractivity contribution is 8.00. The lowest BCUT2D eigenvalue weighted by Crippen LogP contribution is -2.25. The van der Waals surface area contributed by atoms with Crippen LogP contribution < -0.4 is 10.4 Å². The number of rotatable bonds is 8. The van der Waals surface area contributed by atoms with Gasteiger partial charge in [0.2, 0.25) is 15.9 Å². The Morgan fingerprint density at radius 2 is 1.73 bits per heavy atom. The lowest BCUT2D eigenvalue weighted by Gasteiger charge is -2.13. The minimum Gasteiger partial charge on any atom is -0.493 e. The number of aromatic hydroxyl groups is 1. The van der Waals surface area contributed by atoms with Crippen LogP contribution in [0.25, 0.3) is 5.69 Å². The first-order valence-corrected chi connectivity index (χ1v) is 13.2. The van der Waals surface area contributed by atoms with Gasteiger partial charge in [0.15, 0.2) is 0 Å². The van der Waals surface area contributed by atoms with Crippen molar-refractivity contribution >= 4 is 27.5 Å². The van der Waals surface area contributed by atoms with Gasteiger partial charge in [-0.2, -0.15) is 13.2 Å². The summed E-state index contributed by atoms with van der Waals surface area (Å²) >= 11 is -0.288. The largest absolute Gasteiger partial charge is 0.493 e. The van der Waals surface area contributed by atoms with E-state index in [1.165, 1.54) is 48.1 Å². The van der Waals surface area contributed by atoms with E-state index >= 15 is 0 Å². The highest BCUT2D eigenvalue weighted by atomic mass is 32.2. The maximum Gasteiger partial charge on any atom is 0.446 e. The second-order valence-corrected chi connectivity index (χ2v) is 10.9. The molecule has 4 aromatic rings. The maximum absolute atomic E-state index is 13.2. The molecule has 0 fully saturated rings. The van der Waals surface area contributed by atoms with E-state index in [-0.39, 0.29) is 51.9 Å². The molecule has 0 atom stereocenters. The highest BCUT2D eigenvalue weighted by Gasteiger charge is 2.29. The predicted molar refractivity (Wildman–Crippen MR) is 134 cm³/mol. The highest BCUT2D eigenvalue weighted by Crippen LogP contribution is 2.37. The topological polar surface area (TPSA) is 106 Å². The molecular formula is C24H21F3N4O4S2. The fourth-order valence-electron chi connectivity index (χ4n) is 3.67. The van der Waals surface area contributed by atoms with Crippen LogP contribution in [0.4, 0.5) is 18.9 Å². The fourth-order valence-corrected chi connectivity index (χ4v) is 5.44. The molecule has 0 unspecified atom stereocenters. The van der Waals surface area contributed by atoms with Gasteiger partial charge in [-0.05, 0) is 60.1 Å². The first-order valence-electron chi connectivity index (χ1n) is 10.8. The van der Waals surface area contributed by atoms with Gasteiger partial charge in [0.05, 0.1) is 35.6 Å². The van der Waals surface area contributed by atoms with E-state index in [0.29, 0.717) is 11.1 Å². The van der Waals surface area contributed by atoms with Crippen LogP contribution in [0, 0.1) is 6.92 Å². The van der Waals surface area contributed by atoms with Gasteiger partial charge in [-0.1, -0.05) is 30.3 Å². The van der Waals surface area contributed by atoms with E-state index in [2.05, 4.69) is 9.71 Å². The summed E-state index contributed by atoms with van der Waals surface area (Å²) in [4.78, 5) is 17.1. The minimum absolute atomic E-state index is 0.0656. The number of hydrogen-bond donors (Lipinski definition) is 2. The molecule has 0 aliphatic rings. The lowest BCUT2D eigenvalue weighted by atomic mass is 10.2. The van der Waals surface area contributed by atoms with Crippen LogP contribution in [-0.2, 0) is 22.3 Å². The molecule has 37 heavy (non-hydrogen) atoms. The summed E-state index contributed by atoms with van der Waals surface area (Å²) in [6.45, 7) is 1.40. The molecule has 0 aliphatic carbocycles. The minimum atomic E-state index is -4.45. The molecule has 0 bridgehead atoms. The van der Waals surface area contributed by atoms with Gasteiger partial charge in [0, 0.05) is 11.1 Å². The molecule has 2 heterocycles. The number of aromatic nitrogens is 3. The average Bonchev–Trinajstić information content (AvgIpc) is 3.03. The molecule has 0 amide bonds. The molecule has 13 heteroatoms. The molecule has 2 N–H and O–H groups in total. The van der Waals surface area contributed by atoms with Gasteiger partial charge in [0.25, 0.3) is 0 Å². The number of pyridine rings is 1. The molecule has 0 aliphatic heterocycles. The second-order valence-electron chi connectivity index (χ2n) is 8.03. The summed E-state index contributed by atoms with van der Waals surface area (Å²) in [6.07, 6.45) is 2.77. The summed E-state index contributed by atoms with van der Waals surface area (Å²) in [6, 6.07) is 15.2. The van der Waals surface area contributed by atoms with E-state index in [1.54, 1.807) is 36.4 Å². The molecule has 0 saturated carbocycles. The summed E-state index contributed by atoms with van der Waals surface area (Å²) in [5, 5.41) is 10.6. The van der Waals surface area contributed by atoms with Crippen molar-refractivity contribution in [3.8, 4) is 11.6 Å². The van der Waals surface area contributed by atoms with Crippen molar-refractivity contribution in [2.45, 2.75) is 29.6 Å². The van der Waals surface area contributed by atoms with Crippen LogP contribution in [-0.4, -0.2) is 33.2 Å². The monoisotopic (exact) mass is 550 g/mol. The number of benzene rings is 2. The second kappa shape index (κ2) is 10.3. The third kappa shape index (κ3) is 6.35. The van der Waals surface area contributed by atoms with Crippen molar-refractivity contribution in [2.75, 3.05) is 4.72 Å². The van der Waals surface area contributed by atoms with Gasteiger partial charge in [-0.15, -0.1) is 0 Å². The van der Waals surface area contributed by atoms with Gasteiger partial charge < -0.3 is 5.11 Å². The number of thioether (sulfide) groups is 1. The summed E-state index contributed by atoms with van der Waals surface area (Å²) in [5.74, 6) is -0.650. The van der Waals surface area contributed by atoms with E-state index < -0.39 is 21.2 Å². The van der Waals surface area contributed by atoms with Crippen LogP contribution in [0.3, 0.4) is 0 Å². The first-order chi connectivity index (χ1) is 17.4. The number of hydrogen-bond acceptors (Lipinski definition) is 6. The zero-order chi connectivity index (χ0) is 26.8. The molecule has 8 nitrogen and oxygen atoms in total. The summed E-state index contributed by atoms with van der Waals surface area (Å²) in [5.41, 5.74) is -3.56. The van der Waals surface area contributed by atoms with Crippen LogP contribution in [0.15, 0.2) is 82.7 Å². The molecule has 0 saturated heterocycles. The summed E-state index contributed by atoms with van der Waals surface area (Å²) in [7, 11) is -3.80. The van der Waals surface area contributed by atoms with Crippen LogP contribution in [0.1, 0.15) is 16.8 Å². The maximum atomic E-state index is 13.2. The molecule has 0 spiro atoms. The Morgan fingerprint density at radius 1 is 1.05 bits per heavy atom. The van der Waals surface area contributed by atoms with Crippen molar-refractivity contribution in [1.29, 1.82) is 0 Å². The van der Waals surface area contributed by atoms with E-state index in [0.717, 1.165) is 4.57 Å². The number of halogens is 3. The van der Waals surface area contributed by atoms with Crippen molar-refractivity contribution in [2.24, 2.45) is 0 Å². The third-order valence-corrected chi connectivity index (χ3v) is 7.38. The van der Waals surface area contributed by atoms with Gasteiger partial charge in [-0.25, -0.2) is 17.8 Å². The number of nitrogens with one attached hydrogen (secondary N) is 1. The molecular weight excluding hydrogens is 529 g/mol. The zero-order valence-electron chi connectivity index (χ0n) is 19.3. The molecule has 0 radical (unpaired) electrons. The number of imidazole rings is 1. The van der Waals surface area contributed by atoms with E-state index in [9.17, 15) is 31.5 Å². The number of nitrogens with zero attached hydrogens (tertiary/aromatic N) is 3. The Bertz CT molecular complexity index is 1570. The van der Waals surface area contributed by atoms with Crippen LogP contribution >= 0.6 is 11.8 Å². The number of anilines is 1. The zero-order valence-corrected chi connectivity index (χ0v) is 20.9. The average molecular weight is 551 g/mol. The van der Waals surface area contributed by atoms with Gasteiger partial charge in [0.1, 0.15) is 0 Å². The SMILES string of the molecule is Cc1c(O)n(-c2ccc(SC(F)(F)F)cc2)c(=O)n1Cc1ccncc1NS(=O)(=O)Cc1ccccc1. The summed E-state index contributed by atoms with van der Waals surface area (Å²) < 4.78 is 68.0. The van der Waals surface area contributed by atoms with Gasteiger partial charge in [-0.3, -0.25) is 14.3 Å².